The average molecular weight is 262 g/mol. The number of carbonyl (C=O) groups is 1. The number of benzene rings is 1. The van der Waals surface area contributed by atoms with Crippen LogP contribution in [0.25, 0.3) is 0 Å². The number of hydrogen-bond donors (Lipinski definition) is 3. The highest BCUT2D eigenvalue weighted by Gasteiger charge is 2.16. The quantitative estimate of drug-likeness (QED) is 0.752. The average Bonchev–Trinajstić information content (AvgIpc) is 2.42. The molecular formula is C15H22N2O2. The number of phenolic OH excluding ortho intramolecular Hbond substituents is 1. The van der Waals surface area contributed by atoms with E-state index in [2.05, 4.69) is 10.6 Å². The van der Waals surface area contributed by atoms with Crippen molar-refractivity contribution in [1.29, 1.82) is 0 Å². The summed E-state index contributed by atoms with van der Waals surface area (Å²) in [6.45, 7) is 2.73. The molecule has 1 aromatic carbocycles. The Bertz CT molecular complexity index is 397. The van der Waals surface area contributed by atoms with Crippen LogP contribution in [0.3, 0.4) is 0 Å². The van der Waals surface area contributed by atoms with E-state index in [1.807, 2.05) is 12.1 Å². The highest BCUT2D eigenvalue weighted by molar-refractivity contribution is 5.76. The number of rotatable bonds is 5. The van der Waals surface area contributed by atoms with Gasteiger partial charge in [-0.1, -0.05) is 12.1 Å². The largest absolute Gasteiger partial charge is 0.508 e. The van der Waals surface area contributed by atoms with Gasteiger partial charge in [-0.05, 0) is 56.0 Å². The summed E-state index contributed by atoms with van der Waals surface area (Å²) in [5.74, 6) is 0.972. The Labute approximate surface area is 114 Å². The predicted molar refractivity (Wildman–Crippen MR) is 75.0 cm³/mol. The van der Waals surface area contributed by atoms with Gasteiger partial charge in [0, 0.05) is 13.0 Å². The van der Waals surface area contributed by atoms with Gasteiger partial charge in [0.25, 0.3) is 0 Å². The third kappa shape index (κ3) is 4.91. The van der Waals surface area contributed by atoms with Crippen molar-refractivity contribution in [3.8, 4) is 5.75 Å². The van der Waals surface area contributed by atoms with E-state index in [1.54, 1.807) is 12.1 Å². The highest BCUT2D eigenvalue weighted by atomic mass is 16.3. The summed E-state index contributed by atoms with van der Waals surface area (Å²) in [5, 5.41) is 15.5. The Morgan fingerprint density at radius 3 is 2.63 bits per heavy atom. The molecule has 1 saturated heterocycles. The molecule has 3 N–H and O–H groups in total. The molecule has 0 radical (unpaired) electrons. The molecular weight excluding hydrogens is 240 g/mol. The lowest BCUT2D eigenvalue weighted by Crippen LogP contribution is -2.33. The summed E-state index contributed by atoms with van der Waals surface area (Å²) in [7, 11) is 0. The van der Waals surface area contributed by atoms with E-state index in [-0.39, 0.29) is 11.7 Å². The van der Waals surface area contributed by atoms with E-state index in [0.29, 0.717) is 18.9 Å². The lowest BCUT2D eigenvalue weighted by molar-refractivity contribution is -0.122. The van der Waals surface area contributed by atoms with Gasteiger partial charge < -0.3 is 15.7 Å². The molecule has 0 spiro atoms. The van der Waals surface area contributed by atoms with Crippen LogP contribution >= 0.6 is 0 Å². The molecule has 0 atom stereocenters. The normalized spacial score (nSPS) is 16.2. The molecule has 0 aliphatic carbocycles. The molecule has 0 unspecified atom stereocenters. The maximum atomic E-state index is 11.8. The summed E-state index contributed by atoms with van der Waals surface area (Å²) >= 11 is 0. The van der Waals surface area contributed by atoms with Gasteiger partial charge in [0.2, 0.25) is 5.91 Å². The summed E-state index contributed by atoms with van der Waals surface area (Å²) < 4.78 is 0. The molecule has 1 heterocycles. The molecule has 1 amide bonds. The Kier molecular flexibility index (Phi) is 5.21. The smallest absolute Gasteiger partial charge is 0.220 e. The minimum absolute atomic E-state index is 0.158. The Morgan fingerprint density at radius 2 is 1.95 bits per heavy atom. The first-order chi connectivity index (χ1) is 9.24. The molecule has 1 aromatic rings. The molecule has 0 saturated carbocycles. The van der Waals surface area contributed by atoms with Crippen molar-refractivity contribution in [1.82, 2.24) is 10.6 Å². The number of carbonyl (C=O) groups excluding carboxylic acids is 1. The van der Waals surface area contributed by atoms with Crippen molar-refractivity contribution >= 4 is 5.91 Å². The van der Waals surface area contributed by atoms with Crippen molar-refractivity contribution in [2.45, 2.75) is 25.7 Å². The van der Waals surface area contributed by atoms with Crippen molar-refractivity contribution in [2.24, 2.45) is 5.92 Å². The molecule has 4 nitrogen and oxygen atoms in total. The third-order valence-electron chi connectivity index (χ3n) is 3.60. The predicted octanol–water partition coefficient (Wildman–Crippen LogP) is 1.44. The van der Waals surface area contributed by atoms with E-state index >= 15 is 0 Å². The van der Waals surface area contributed by atoms with Gasteiger partial charge in [0.15, 0.2) is 0 Å². The molecule has 1 aliphatic rings. The zero-order valence-electron chi connectivity index (χ0n) is 11.2. The van der Waals surface area contributed by atoms with Gasteiger partial charge in [-0.3, -0.25) is 4.79 Å². The van der Waals surface area contributed by atoms with Gasteiger partial charge in [0.1, 0.15) is 5.75 Å². The number of hydrogen-bond acceptors (Lipinski definition) is 3. The topological polar surface area (TPSA) is 61.4 Å². The SMILES string of the molecule is O=C(CC1CCNCC1)NCCc1ccc(O)cc1. The summed E-state index contributed by atoms with van der Waals surface area (Å²) in [6, 6.07) is 7.11. The Balaban J connectivity index is 1.64. The molecule has 19 heavy (non-hydrogen) atoms. The van der Waals surface area contributed by atoms with E-state index in [0.717, 1.165) is 37.9 Å². The standard InChI is InChI=1S/C15H22N2O2/c18-14-3-1-12(2-4-14)7-10-17-15(19)11-13-5-8-16-9-6-13/h1-4,13,16,18H,5-11H2,(H,17,19). The molecule has 2 rings (SSSR count). The van der Waals surface area contributed by atoms with E-state index in [4.69, 9.17) is 0 Å². The number of amides is 1. The maximum Gasteiger partial charge on any atom is 0.220 e. The highest BCUT2D eigenvalue weighted by Crippen LogP contribution is 2.15. The molecule has 0 aromatic heterocycles. The minimum atomic E-state index is 0.158. The lowest BCUT2D eigenvalue weighted by Gasteiger charge is -2.21. The van der Waals surface area contributed by atoms with Gasteiger partial charge >= 0.3 is 0 Å². The number of aromatic hydroxyl groups is 1. The van der Waals surface area contributed by atoms with E-state index < -0.39 is 0 Å². The van der Waals surface area contributed by atoms with Crippen LogP contribution in [0.2, 0.25) is 0 Å². The Morgan fingerprint density at radius 1 is 1.26 bits per heavy atom. The Hall–Kier alpha value is -1.55. The van der Waals surface area contributed by atoms with Crippen molar-refractivity contribution < 1.29 is 9.90 Å². The zero-order chi connectivity index (χ0) is 13.5. The van der Waals surface area contributed by atoms with Gasteiger partial charge in [-0.25, -0.2) is 0 Å². The first-order valence-electron chi connectivity index (χ1n) is 6.99. The second kappa shape index (κ2) is 7.14. The molecule has 1 aliphatic heterocycles. The summed E-state index contributed by atoms with van der Waals surface area (Å²) in [4.78, 5) is 11.8. The number of nitrogens with one attached hydrogen (secondary N) is 2. The van der Waals surface area contributed by atoms with Crippen LogP contribution in [-0.2, 0) is 11.2 Å². The van der Waals surface area contributed by atoms with Gasteiger partial charge in [-0.15, -0.1) is 0 Å². The molecule has 4 heteroatoms. The summed E-state index contributed by atoms with van der Waals surface area (Å²) in [5.41, 5.74) is 1.12. The lowest BCUT2D eigenvalue weighted by atomic mass is 9.94. The van der Waals surface area contributed by atoms with Crippen LogP contribution in [-0.4, -0.2) is 30.6 Å². The molecule has 1 fully saturated rings. The molecule has 104 valence electrons. The fourth-order valence-electron chi connectivity index (χ4n) is 2.43. The second-order valence-corrected chi connectivity index (χ2v) is 5.16. The van der Waals surface area contributed by atoms with Crippen LogP contribution in [0.1, 0.15) is 24.8 Å². The number of phenols is 1. The number of piperidine rings is 1. The van der Waals surface area contributed by atoms with Crippen LogP contribution in [0.5, 0.6) is 5.75 Å². The van der Waals surface area contributed by atoms with E-state index in [9.17, 15) is 9.90 Å². The third-order valence-corrected chi connectivity index (χ3v) is 3.60. The minimum Gasteiger partial charge on any atom is -0.508 e. The fourth-order valence-corrected chi connectivity index (χ4v) is 2.43. The second-order valence-electron chi connectivity index (χ2n) is 5.16. The van der Waals surface area contributed by atoms with Crippen LogP contribution in [0, 0.1) is 5.92 Å². The van der Waals surface area contributed by atoms with Gasteiger partial charge in [0.05, 0.1) is 0 Å². The summed E-state index contributed by atoms with van der Waals surface area (Å²) in [6.07, 6.45) is 3.66. The first kappa shape index (κ1) is 13.9. The monoisotopic (exact) mass is 262 g/mol. The van der Waals surface area contributed by atoms with Gasteiger partial charge in [-0.2, -0.15) is 0 Å². The van der Waals surface area contributed by atoms with Crippen LogP contribution in [0.4, 0.5) is 0 Å². The van der Waals surface area contributed by atoms with E-state index in [1.165, 1.54) is 0 Å². The van der Waals surface area contributed by atoms with Crippen molar-refractivity contribution in [3.63, 3.8) is 0 Å². The van der Waals surface area contributed by atoms with Crippen molar-refractivity contribution in [3.05, 3.63) is 29.8 Å². The zero-order valence-corrected chi connectivity index (χ0v) is 11.2. The molecule has 0 bridgehead atoms. The fraction of sp³-hybridized carbons (Fsp3) is 0.533. The maximum absolute atomic E-state index is 11.8. The van der Waals surface area contributed by atoms with Crippen LogP contribution in [0.15, 0.2) is 24.3 Å². The van der Waals surface area contributed by atoms with Crippen LogP contribution < -0.4 is 10.6 Å². The van der Waals surface area contributed by atoms with Crippen molar-refractivity contribution in [2.75, 3.05) is 19.6 Å². The first-order valence-corrected chi connectivity index (χ1v) is 6.99.